The molecule has 0 unspecified atom stereocenters. The number of rotatable bonds is 21. The van der Waals surface area contributed by atoms with E-state index >= 15 is 0 Å². The Balaban J connectivity index is 3.19. The molecule has 28 heavy (non-hydrogen) atoms. The number of carbonyl (C=O) groups is 2. The summed E-state index contributed by atoms with van der Waals surface area (Å²) in [6.45, 7) is 2.79. The van der Waals surface area contributed by atoms with E-state index in [1.165, 1.54) is 77.0 Å². The standard InChI is InChI=1S/C24H45NO3/c1-2-3-4-5-6-7-8-9-10-11-12-13-14-15-16-19-22-28-24(27)21-18-17-20-23(25)26/h9-10H,2-8,11-22H2,1H3,(H2,25,26)/b10-9-. The van der Waals surface area contributed by atoms with Crippen LogP contribution in [0.4, 0.5) is 0 Å². The number of hydrogen-bond acceptors (Lipinski definition) is 3. The van der Waals surface area contributed by atoms with E-state index < -0.39 is 0 Å². The molecule has 0 rings (SSSR count). The highest BCUT2D eigenvalue weighted by Gasteiger charge is 2.03. The van der Waals surface area contributed by atoms with Crippen molar-refractivity contribution in [1.29, 1.82) is 0 Å². The lowest BCUT2D eigenvalue weighted by molar-refractivity contribution is -0.144. The summed E-state index contributed by atoms with van der Waals surface area (Å²) in [6.07, 6.45) is 24.7. The van der Waals surface area contributed by atoms with Gasteiger partial charge in [0, 0.05) is 12.8 Å². The Morgan fingerprint density at radius 3 is 1.75 bits per heavy atom. The molecular weight excluding hydrogens is 350 g/mol. The molecule has 0 aromatic heterocycles. The molecule has 0 saturated carbocycles. The number of carbonyl (C=O) groups excluding carboxylic acids is 2. The summed E-state index contributed by atoms with van der Waals surface area (Å²) in [5.74, 6) is -0.463. The highest BCUT2D eigenvalue weighted by atomic mass is 16.5. The zero-order valence-electron chi connectivity index (χ0n) is 18.4. The van der Waals surface area contributed by atoms with Gasteiger partial charge in [0.25, 0.3) is 0 Å². The smallest absolute Gasteiger partial charge is 0.305 e. The van der Waals surface area contributed by atoms with E-state index in [0.717, 1.165) is 12.8 Å². The van der Waals surface area contributed by atoms with Gasteiger partial charge in [-0.1, -0.05) is 76.9 Å². The van der Waals surface area contributed by atoms with Gasteiger partial charge >= 0.3 is 5.97 Å². The van der Waals surface area contributed by atoms with Gasteiger partial charge < -0.3 is 10.5 Å². The molecular formula is C24H45NO3. The highest BCUT2D eigenvalue weighted by Crippen LogP contribution is 2.10. The van der Waals surface area contributed by atoms with Crippen LogP contribution in [0.1, 0.15) is 122 Å². The van der Waals surface area contributed by atoms with E-state index in [1.807, 2.05) is 0 Å². The van der Waals surface area contributed by atoms with E-state index in [0.29, 0.717) is 32.3 Å². The summed E-state index contributed by atoms with van der Waals surface area (Å²) in [7, 11) is 0. The van der Waals surface area contributed by atoms with Crippen molar-refractivity contribution in [3.8, 4) is 0 Å². The Morgan fingerprint density at radius 2 is 1.18 bits per heavy atom. The maximum Gasteiger partial charge on any atom is 0.305 e. The van der Waals surface area contributed by atoms with Crippen LogP contribution in [-0.2, 0) is 14.3 Å². The van der Waals surface area contributed by atoms with E-state index in [9.17, 15) is 9.59 Å². The van der Waals surface area contributed by atoms with Crippen LogP contribution in [0.2, 0.25) is 0 Å². The first-order valence-electron chi connectivity index (χ1n) is 11.8. The molecule has 0 saturated heterocycles. The largest absolute Gasteiger partial charge is 0.466 e. The second-order valence-electron chi connectivity index (χ2n) is 7.83. The number of allylic oxidation sites excluding steroid dienone is 2. The van der Waals surface area contributed by atoms with Crippen LogP contribution in [0, 0.1) is 0 Å². The summed E-state index contributed by atoms with van der Waals surface area (Å²) < 4.78 is 5.20. The first-order chi connectivity index (χ1) is 13.7. The van der Waals surface area contributed by atoms with Gasteiger partial charge in [0.15, 0.2) is 0 Å². The lowest BCUT2D eigenvalue weighted by Crippen LogP contribution is -2.10. The minimum absolute atomic E-state index is 0.155. The van der Waals surface area contributed by atoms with Gasteiger partial charge in [0.05, 0.1) is 6.61 Å². The van der Waals surface area contributed by atoms with Crippen LogP contribution in [0.15, 0.2) is 12.2 Å². The molecule has 0 aromatic carbocycles. The molecule has 0 bridgehead atoms. The van der Waals surface area contributed by atoms with Crippen LogP contribution in [-0.4, -0.2) is 18.5 Å². The van der Waals surface area contributed by atoms with Gasteiger partial charge in [-0.05, 0) is 44.9 Å². The number of nitrogens with two attached hydrogens (primary N) is 1. The lowest BCUT2D eigenvalue weighted by atomic mass is 10.1. The van der Waals surface area contributed by atoms with E-state index in [-0.39, 0.29) is 11.9 Å². The molecule has 1 amide bonds. The first-order valence-corrected chi connectivity index (χ1v) is 11.8. The summed E-state index contributed by atoms with van der Waals surface area (Å²) in [5, 5.41) is 0. The summed E-state index contributed by atoms with van der Waals surface area (Å²) >= 11 is 0. The second kappa shape index (κ2) is 22.0. The molecule has 0 heterocycles. The number of amides is 1. The highest BCUT2D eigenvalue weighted by molar-refractivity contribution is 5.73. The SMILES string of the molecule is CCCCCCCC/C=C\CCCCCCCCOC(=O)CCCCC(N)=O. The zero-order chi connectivity index (χ0) is 20.7. The maximum absolute atomic E-state index is 11.5. The van der Waals surface area contributed by atoms with Crippen molar-refractivity contribution < 1.29 is 14.3 Å². The molecule has 0 aliphatic rings. The third kappa shape index (κ3) is 22.7. The molecule has 0 aliphatic heterocycles. The molecule has 0 spiro atoms. The van der Waals surface area contributed by atoms with Crippen LogP contribution in [0.25, 0.3) is 0 Å². The first kappa shape index (κ1) is 26.7. The molecule has 0 atom stereocenters. The van der Waals surface area contributed by atoms with E-state index in [1.54, 1.807) is 0 Å². The van der Waals surface area contributed by atoms with Gasteiger partial charge in [0.1, 0.15) is 0 Å². The fraction of sp³-hybridized carbons (Fsp3) is 0.833. The van der Waals surface area contributed by atoms with Crippen LogP contribution < -0.4 is 5.73 Å². The molecule has 4 nitrogen and oxygen atoms in total. The molecule has 4 heteroatoms. The average molecular weight is 396 g/mol. The summed E-state index contributed by atoms with van der Waals surface area (Å²) in [5.41, 5.74) is 5.06. The quantitative estimate of drug-likeness (QED) is 0.135. The number of unbranched alkanes of at least 4 members (excludes halogenated alkanes) is 13. The monoisotopic (exact) mass is 395 g/mol. The predicted octanol–water partition coefficient (Wildman–Crippen LogP) is 6.61. The average Bonchev–Trinajstić information content (AvgIpc) is 2.67. The third-order valence-corrected chi connectivity index (χ3v) is 4.97. The fourth-order valence-corrected chi connectivity index (χ4v) is 3.18. The van der Waals surface area contributed by atoms with Crippen molar-refractivity contribution in [2.75, 3.05) is 6.61 Å². The molecule has 0 radical (unpaired) electrons. The summed E-state index contributed by atoms with van der Waals surface area (Å²) in [4.78, 5) is 22.1. The summed E-state index contributed by atoms with van der Waals surface area (Å²) in [6, 6.07) is 0. The van der Waals surface area contributed by atoms with Crippen LogP contribution in [0.3, 0.4) is 0 Å². The van der Waals surface area contributed by atoms with Crippen molar-refractivity contribution in [3.05, 3.63) is 12.2 Å². The van der Waals surface area contributed by atoms with Crippen molar-refractivity contribution in [3.63, 3.8) is 0 Å². The fourth-order valence-electron chi connectivity index (χ4n) is 3.18. The van der Waals surface area contributed by atoms with Gasteiger partial charge in [-0.2, -0.15) is 0 Å². The molecule has 0 aromatic rings. The molecule has 0 fully saturated rings. The Labute approximate surface area is 173 Å². The van der Waals surface area contributed by atoms with Crippen molar-refractivity contribution in [2.24, 2.45) is 5.73 Å². The minimum atomic E-state index is -0.308. The van der Waals surface area contributed by atoms with Gasteiger partial charge in [-0.15, -0.1) is 0 Å². The van der Waals surface area contributed by atoms with Gasteiger partial charge in [-0.3, -0.25) is 9.59 Å². The Kier molecular flexibility index (Phi) is 20.9. The van der Waals surface area contributed by atoms with Crippen molar-refractivity contribution in [1.82, 2.24) is 0 Å². The predicted molar refractivity (Wildman–Crippen MR) is 118 cm³/mol. The van der Waals surface area contributed by atoms with Crippen LogP contribution in [0.5, 0.6) is 0 Å². The van der Waals surface area contributed by atoms with Crippen molar-refractivity contribution in [2.45, 2.75) is 122 Å². The number of ether oxygens (including phenoxy) is 1. The Hall–Kier alpha value is -1.32. The van der Waals surface area contributed by atoms with E-state index in [4.69, 9.17) is 10.5 Å². The maximum atomic E-state index is 11.5. The second-order valence-corrected chi connectivity index (χ2v) is 7.83. The topological polar surface area (TPSA) is 69.4 Å². The number of hydrogen-bond donors (Lipinski definition) is 1. The Bertz CT molecular complexity index is 393. The third-order valence-electron chi connectivity index (χ3n) is 4.97. The number of esters is 1. The van der Waals surface area contributed by atoms with Gasteiger partial charge in [-0.25, -0.2) is 0 Å². The molecule has 0 aliphatic carbocycles. The van der Waals surface area contributed by atoms with Crippen LogP contribution >= 0.6 is 0 Å². The van der Waals surface area contributed by atoms with Gasteiger partial charge in [0.2, 0.25) is 5.91 Å². The van der Waals surface area contributed by atoms with E-state index in [2.05, 4.69) is 19.1 Å². The zero-order valence-corrected chi connectivity index (χ0v) is 18.4. The number of primary amides is 1. The minimum Gasteiger partial charge on any atom is -0.466 e. The normalized spacial score (nSPS) is 11.2. The Morgan fingerprint density at radius 1 is 0.679 bits per heavy atom. The lowest BCUT2D eigenvalue weighted by Gasteiger charge is -2.05. The molecule has 2 N–H and O–H groups in total. The molecule has 164 valence electrons. The van der Waals surface area contributed by atoms with Crippen molar-refractivity contribution >= 4 is 11.9 Å².